The normalized spacial score (nSPS) is 10.2. The van der Waals surface area contributed by atoms with E-state index in [2.05, 4.69) is 27.3 Å². The fourth-order valence-corrected chi connectivity index (χ4v) is 2.41. The predicted octanol–water partition coefficient (Wildman–Crippen LogP) is 2.99. The third-order valence-electron chi connectivity index (χ3n) is 2.82. The molecule has 2 aromatic rings. The number of benzene rings is 1. The molecule has 0 bridgehead atoms. The van der Waals surface area contributed by atoms with E-state index >= 15 is 0 Å². The minimum absolute atomic E-state index is 0.0638. The highest BCUT2D eigenvalue weighted by molar-refractivity contribution is 7.18. The summed E-state index contributed by atoms with van der Waals surface area (Å²) in [6, 6.07) is 10.2. The molecule has 0 saturated heterocycles. The van der Waals surface area contributed by atoms with Crippen molar-refractivity contribution in [3.63, 3.8) is 0 Å². The average molecular weight is 292 g/mol. The van der Waals surface area contributed by atoms with Gasteiger partial charge in [-0.3, -0.25) is 10.1 Å². The molecule has 0 aliphatic heterocycles. The number of anilines is 2. The van der Waals surface area contributed by atoms with Crippen molar-refractivity contribution in [1.29, 1.82) is 0 Å². The molecule has 1 heterocycles. The number of aromatic nitrogens is 1. The molecule has 0 spiro atoms. The van der Waals surface area contributed by atoms with Gasteiger partial charge >= 0.3 is 5.00 Å². The Kier molecular flexibility index (Phi) is 4.89. The van der Waals surface area contributed by atoms with Crippen molar-refractivity contribution in [3.05, 3.63) is 46.6 Å². The second kappa shape index (κ2) is 6.85. The summed E-state index contributed by atoms with van der Waals surface area (Å²) in [4.78, 5) is 16.2. The Hall–Kier alpha value is -2.15. The molecule has 0 fully saturated rings. The van der Waals surface area contributed by atoms with Crippen LogP contribution in [0.15, 0.2) is 36.5 Å². The zero-order valence-electron chi connectivity index (χ0n) is 11.2. The van der Waals surface area contributed by atoms with Gasteiger partial charge in [0.1, 0.15) is 6.20 Å². The molecule has 0 saturated carbocycles. The number of para-hydroxylation sites is 1. The van der Waals surface area contributed by atoms with Crippen LogP contribution < -0.4 is 10.2 Å². The van der Waals surface area contributed by atoms with Gasteiger partial charge in [-0.05, 0) is 29.9 Å². The largest absolute Gasteiger partial charge is 0.375 e. The number of nitro groups is 1. The molecule has 106 valence electrons. The summed E-state index contributed by atoms with van der Waals surface area (Å²) >= 11 is 1.06. The van der Waals surface area contributed by atoms with Crippen LogP contribution in [0.3, 0.4) is 0 Å². The summed E-state index contributed by atoms with van der Waals surface area (Å²) in [7, 11) is 2.05. The second-order valence-electron chi connectivity index (χ2n) is 4.30. The van der Waals surface area contributed by atoms with Gasteiger partial charge in [-0.15, -0.1) is 0 Å². The lowest BCUT2D eigenvalue weighted by Gasteiger charge is -2.19. The summed E-state index contributed by atoms with van der Waals surface area (Å²) in [5.74, 6) is 0. The molecule has 2 rings (SSSR count). The molecule has 1 aromatic carbocycles. The first-order valence-electron chi connectivity index (χ1n) is 6.27. The lowest BCUT2D eigenvalue weighted by Crippen LogP contribution is -2.20. The van der Waals surface area contributed by atoms with Crippen LogP contribution in [0.5, 0.6) is 0 Å². The Morgan fingerprint density at radius 3 is 2.80 bits per heavy atom. The number of hydrogen-bond acceptors (Lipinski definition) is 6. The third-order valence-corrected chi connectivity index (χ3v) is 3.72. The summed E-state index contributed by atoms with van der Waals surface area (Å²) < 4.78 is 0. The van der Waals surface area contributed by atoms with Crippen LogP contribution >= 0.6 is 11.3 Å². The van der Waals surface area contributed by atoms with Gasteiger partial charge in [0.2, 0.25) is 0 Å². The minimum atomic E-state index is -0.425. The quantitative estimate of drug-likeness (QED) is 0.482. The van der Waals surface area contributed by atoms with Gasteiger partial charge in [-0.25, -0.2) is 4.98 Å². The van der Waals surface area contributed by atoms with Crippen molar-refractivity contribution in [2.75, 3.05) is 30.4 Å². The molecule has 0 aliphatic carbocycles. The zero-order chi connectivity index (χ0) is 14.4. The number of nitrogens with zero attached hydrogens (tertiary/aromatic N) is 3. The van der Waals surface area contributed by atoms with E-state index in [0.717, 1.165) is 30.8 Å². The van der Waals surface area contributed by atoms with Crippen molar-refractivity contribution in [1.82, 2.24) is 4.98 Å². The molecule has 0 unspecified atom stereocenters. The van der Waals surface area contributed by atoms with Crippen molar-refractivity contribution in [2.24, 2.45) is 0 Å². The molecule has 0 aliphatic rings. The maximum Gasteiger partial charge on any atom is 0.345 e. The van der Waals surface area contributed by atoms with Gasteiger partial charge in [-0.2, -0.15) is 0 Å². The van der Waals surface area contributed by atoms with Crippen LogP contribution in [-0.4, -0.2) is 30.0 Å². The van der Waals surface area contributed by atoms with Crippen molar-refractivity contribution in [2.45, 2.75) is 6.42 Å². The predicted molar refractivity (Wildman–Crippen MR) is 81.6 cm³/mol. The van der Waals surface area contributed by atoms with Gasteiger partial charge < -0.3 is 10.2 Å². The fraction of sp³-hybridized carbons (Fsp3) is 0.308. The van der Waals surface area contributed by atoms with E-state index in [1.165, 1.54) is 11.9 Å². The summed E-state index contributed by atoms with van der Waals surface area (Å²) in [5, 5.41) is 14.3. The van der Waals surface area contributed by atoms with Gasteiger partial charge in [0.25, 0.3) is 0 Å². The van der Waals surface area contributed by atoms with Crippen molar-refractivity contribution in [3.8, 4) is 0 Å². The summed E-state index contributed by atoms with van der Waals surface area (Å²) in [6.45, 7) is 1.65. The maximum atomic E-state index is 10.5. The standard InChI is InChI=1S/C13H16N4O2S/c1-16(11-6-3-2-4-7-11)9-5-8-14-13-15-10-12(20-13)17(18)19/h2-4,6-7,10H,5,8-9H2,1H3,(H,14,15). The van der Waals surface area contributed by atoms with E-state index in [-0.39, 0.29) is 5.00 Å². The van der Waals surface area contributed by atoms with E-state index in [4.69, 9.17) is 0 Å². The number of rotatable bonds is 7. The molecule has 20 heavy (non-hydrogen) atoms. The van der Waals surface area contributed by atoms with Crippen molar-refractivity contribution >= 4 is 27.2 Å². The number of hydrogen-bond donors (Lipinski definition) is 1. The first-order valence-corrected chi connectivity index (χ1v) is 7.09. The molecular formula is C13H16N4O2S. The first kappa shape index (κ1) is 14.3. The average Bonchev–Trinajstić information content (AvgIpc) is 2.93. The molecule has 0 amide bonds. The molecular weight excluding hydrogens is 276 g/mol. The number of thiazole rings is 1. The molecule has 1 aromatic heterocycles. The van der Waals surface area contributed by atoms with Crippen LogP contribution in [0.25, 0.3) is 0 Å². The highest BCUT2D eigenvalue weighted by Crippen LogP contribution is 2.24. The molecule has 1 N–H and O–H groups in total. The Morgan fingerprint density at radius 2 is 2.15 bits per heavy atom. The van der Waals surface area contributed by atoms with Gasteiger partial charge in [0.05, 0.1) is 4.92 Å². The molecule has 7 heteroatoms. The van der Waals surface area contributed by atoms with Crippen LogP contribution in [-0.2, 0) is 0 Å². The zero-order valence-corrected chi connectivity index (χ0v) is 12.0. The highest BCUT2D eigenvalue weighted by Gasteiger charge is 2.10. The fourth-order valence-electron chi connectivity index (χ4n) is 1.75. The lowest BCUT2D eigenvalue weighted by atomic mass is 10.3. The summed E-state index contributed by atoms with van der Waals surface area (Å²) in [5.41, 5.74) is 1.18. The topological polar surface area (TPSA) is 71.3 Å². The van der Waals surface area contributed by atoms with Crippen LogP contribution in [0.2, 0.25) is 0 Å². The first-order chi connectivity index (χ1) is 9.66. The van der Waals surface area contributed by atoms with Crippen LogP contribution in [0.1, 0.15) is 6.42 Å². The van der Waals surface area contributed by atoms with Gasteiger partial charge in [-0.1, -0.05) is 18.2 Å². The van der Waals surface area contributed by atoms with E-state index in [1.807, 2.05) is 25.2 Å². The van der Waals surface area contributed by atoms with E-state index in [1.54, 1.807) is 0 Å². The number of nitrogens with one attached hydrogen (secondary N) is 1. The Bertz CT molecular complexity index is 559. The monoisotopic (exact) mass is 292 g/mol. The van der Waals surface area contributed by atoms with Crippen molar-refractivity contribution < 1.29 is 4.92 Å². The minimum Gasteiger partial charge on any atom is -0.375 e. The van der Waals surface area contributed by atoms with Gasteiger partial charge in [0.15, 0.2) is 5.13 Å². The summed E-state index contributed by atoms with van der Waals surface area (Å²) in [6.07, 6.45) is 2.21. The molecule has 0 radical (unpaired) electrons. The SMILES string of the molecule is CN(CCCNc1ncc([N+](=O)[O-])s1)c1ccccc1. The Balaban J connectivity index is 1.72. The maximum absolute atomic E-state index is 10.5. The van der Waals surface area contributed by atoms with Crippen LogP contribution in [0.4, 0.5) is 15.8 Å². The van der Waals surface area contributed by atoms with Crippen LogP contribution in [0, 0.1) is 10.1 Å². The van der Waals surface area contributed by atoms with Gasteiger partial charge in [0, 0.05) is 25.8 Å². The van der Waals surface area contributed by atoms with E-state index in [0.29, 0.717) is 5.13 Å². The van der Waals surface area contributed by atoms with E-state index in [9.17, 15) is 10.1 Å². The smallest absolute Gasteiger partial charge is 0.345 e. The Labute approximate surface area is 121 Å². The third kappa shape index (κ3) is 3.92. The highest BCUT2D eigenvalue weighted by atomic mass is 32.1. The molecule has 0 atom stereocenters. The second-order valence-corrected chi connectivity index (χ2v) is 5.31. The Morgan fingerprint density at radius 1 is 1.40 bits per heavy atom. The van der Waals surface area contributed by atoms with E-state index < -0.39 is 4.92 Å². The lowest BCUT2D eigenvalue weighted by molar-refractivity contribution is -0.380. The molecule has 6 nitrogen and oxygen atoms in total.